The van der Waals surface area contributed by atoms with Crippen LogP contribution in [0.4, 0.5) is 10.3 Å². The molecule has 0 saturated carbocycles. The molecule has 0 fully saturated rings. The molecule has 0 unspecified atom stereocenters. The zero-order valence-electron chi connectivity index (χ0n) is 10.8. The normalized spacial score (nSPS) is 11.1. The number of hydrogen-bond acceptors (Lipinski definition) is 5. The van der Waals surface area contributed by atoms with E-state index in [4.69, 9.17) is 10.5 Å². The van der Waals surface area contributed by atoms with Crippen LogP contribution in [0.15, 0.2) is 24.5 Å². The monoisotopic (exact) mass is 276 g/mol. The summed E-state index contributed by atoms with van der Waals surface area (Å²) in [5.41, 5.74) is 7.10. The molecule has 0 atom stereocenters. The highest BCUT2D eigenvalue weighted by atomic mass is 19.1. The van der Waals surface area contributed by atoms with E-state index in [-0.39, 0.29) is 5.75 Å². The second-order valence-electron chi connectivity index (χ2n) is 4.26. The van der Waals surface area contributed by atoms with Crippen LogP contribution in [0.5, 0.6) is 5.75 Å². The number of anilines is 1. The number of aromatic nitrogens is 5. The van der Waals surface area contributed by atoms with Crippen molar-refractivity contribution in [2.75, 3.05) is 12.8 Å². The number of nitrogens with zero attached hydrogens (tertiary/aromatic N) is 5. The molecule has 8 heteroatoms. The Hall–Kier alpha value is -2.64. The third-order valence-electron chi connectivity index (χ3n) is 3.08. The van der Waals surface area contributed by atoms with Gasteiger partial charge in [-0.2, -0.15) is 0 Å². The number of rotatable bonds is 4. The number of aryl methyl sites for hydroxylation is 2. The predicted molar refractivity (Wildman–Crippen MR) is 70.7 cm³/mol. The second-order valence-corrected chi connectivity index (χ2v) is 4.26. The van der Waals surface area contributed by atoms with Crippen molar-refractivity contribution in [3.05, 3.63) is 30.3 Å². The SMILES string of the molecule is COc1cc2c(cc1F)nc(N)n2CCn1ccnn1. The summed E-state index contributed by atoms with van der Waals surface area (Å²) in [4.78, 5) is 4.15. The van der Waals surface area contributed by atoms with Gasteiger partial charge in [0.05, 0.1) is 30.9 Å². The molecule has 2 aromatic heterocycles. The van der Waals surface area contributed by atoms with Gasteiger partial charge in [0.2, 0.25) is 5.95 Å². The highest BCUT2D eigenvalue weighted by molar-refractivity contribution is 5.80. The number of halogens is 1. The first-order valence-electron chi connectivity index (χ1n) is 6.02. The summed E-state index contributed by atoms with van der Waals surface area (Å²) in [6.45, 7) is 1.15. The van der Waals surface area contributed by atoms with Gasteiger partial charge in [-0.05, 0) is 0 Å². The van der Waals surface area contributed by atoms with Gasteiger partial charge in [-0.25, -0.2) is 9.37 Å². The van der Waals surface area contributed by atoms with E-state index in [1.807, 2.05) is 0 Å². The molecule has 0 aliphatic heterocycles. The number of ether oxygens (including phenoxy) is 1. The molecular formula is C12H13FN6O. The average molecular weight is 276 g/mol. The molecule has 3 rings (SSSR count). The molecule has 0 amide bonds. The van der Waals surface area contributed by atoms with Gasteiger partial charge in [0.1, 0.15) is 0 Å². The van der Waals surface area contributed by atoms with Gasteiger partial charge < -0.3 is 15.0 Å². The average Bonchev–Trinajstić information content (AvgIpc) is 3.03. The van der Waals surface area contributed by atoms with Crippen LogP contribution >= 0.6 is 0 Å². The number of methoxy groups -OCH3 is 1. The van der Waals surface area contributed by atoms with Gasteiger partial charge in [-0.1, -0.05) is 5.21 Å². The first kappa shape index (κ1) is 12.4. The van der Waals surface area contributed by atoms with Crippen LogP contribution in [-0.4, -0.2) is 31.7 Å². The Morgan fingerprint density at radius 1 is 1.35 bits per heavy atom. The highest BCUT2D eigenvalue weighted by Crippen LogP contribution is 2.26. The lowest BCUT2D eigenvalue weighted by atomic mass is 10.3. The lowest BCUT2D eigenvalue weighted by molar-refractivity contribution is 0.387. The smallest absolute Gasteiger partial charge is 0.201 e. The lowest BCUT2D eigenvalue weighted by Gasteiger charge is -2.07. The first-order chi connectivity index (χ1) is 9.69. The van der Waals surface area contributed by atoms with Crippen LogP contribution in [0.2, 0.25) is 0 Å². The summed E-state index contributed by atoms with van der Waals surface area (Å²) in [7, 11) is 1.42. The van der Waals surface area contributed by atoms with Crippen molar-refractivity contribution in [2.24, 2.45) is 0 Å². The van der Waals surface area contributed by atoms with Crippen LogP contribution < -0.4 is 10.5 Å². The first-order valence-corrected chi connectivity index (χ1v) is 6.02. The van der Waals surface area contributed by atoms with Crippen LogP contribution in [0.3, 0.4) is 0 Å². The number of nitrogen functional groups attached to an aromatic ring is 1. The summed E-state index contributed by atoms with van der Waals surface area (Å²) in [5.74, 6) is 0.0353. The fourth-order valence-electron chi connectivity index (χ4n) is 2.09. The Kier molecular flexibility index (Phi) is 2.97. The third kappa shape index (κ3) is 2.04. The van der Waals surface area contributed by atoms with Crippen LogP contribution in [0, 0.1) is 5.82 Å². The third-order valence-corrected chi connectivity index (χ3v) is 3.08. The van der Waals surface area contributed by atoms with Gasteiger partial charge >= 0.3 is 0 Å². The minimum Gasteiger partial charge on any atom is -0.494 e. The number of benzene rings is 1. The van der Waals surface area contributed by atoms with Crippen LogP contribution in [-0.2, 0) is 13.1 Å². The van der Waals surface area contributed by atoms with Crippen molar-refractivity contribution >= 4 is 17.0 Å². The summed E-state index contributed by atoms with van der Waals surface area (Å²) in [6, 6.07) is 2.91. The summed E-state index contributed by atoms with van der Waals surface area (Å²) < 4.78 is 22.1. The number of nitrogens with two attached hydrogens (primary N) is 1. The topological polar surface area (TPSA) is 83.8 Å². The number of fused-ring (bicyclic) bond motifs is 1. The molecule has 0 bridgehead atoms. The molecule has 3 aromatic rings. The number of hydrogen-bond donors (Lipinski definition) is 1. The van der Waals surface area contributed by atoms with E-state index in [0.717, 1.165) is 5.52 Å². The maximum absolute atomic E-state index is 13.6. The van der Waals surface area contributed by atoms with E-state index in [9.17, 15) is 4.39 Å². The molecule has 2 N–H and O–H groups in total. The molecule has 0 aliphatic carbocycles. The van der Waals surface area contributed by atoms with Crippen molar-refractivity contribution in [2.45, 2.75) is 13.1 Å². The van der Waals surface area contributed by atoms with E-state index in [2.05, 4.69) is 15.3 Å². The molecule has 0 spiro atoms. The van der Waals surface area contributed by atoms with Gasteiger partial charge in [-0.15, -0.1) is 5.10 Å². The van der Waals surface area contributed by atoms with Gasteiger partial charge in [0, 0.05) is 24.9 Å². The minimum atomic E-state index is -0.457. The van der Waals surface area contributed by atoms with Crippen molar-refractivity contribution in [1.82, 2.24) is 24.5 Å². The maximum Gasteiger partial charge on any atom is 0.201 e. The van der Waals surface area contributed by atoms with Crippen LogP contribution in [0.1, 0.15) is 0 Å². The highest BCUT2D eigenvalue weighted by Gasteiger charge is 2.13. The second kappa shape index (κ2) is 4.80. The number of imidazole rings is 1. The zero-order valence-corrected chi connectivity index (χ0v) is 10.8. The standard InChI is InChI=1S/C12H13FN6O/c1-20-11-7-10-9(6-8(11)13)16-12(14)19(10)5-4-18-3-2-15-17-18/h2-3,6-7H,4-5H2,1H3,(H2,14,16). The summed E-state index contributed by atoms with van der Waals surface area (Å²) >= 11 is 0. The Bertz CT molecular complexity index is 736. The van der Waals surface area contributed by atoms with E-state index in [0.29, 0.717) is 24.6 Å². The largest absolute Gasteiger partial charge is 0.494 e. The van der Waals surface area contributed by atoms with E-state index >= 15 is 0 Å². The summed E-state index contributed by atoms with van der Waals surface area (Å²) in [5, 5.41) is 7.61. The quantitative estimate of drug-likeness (QED) is 0.770. The molecule has 2 heterocycles. The van der Waals surface area contributed by atoms with Crippen molar-refractivity contribution in [1.29, 1.82) is 0 Å². The molecule has 104 valence electrons. The zero-order chi connectivity index (χ0) is 14.1. The van der Waals surface area contributed by atoms with E-state index < -0.39 is 5.82 Å². The Morgan fingerprint density at radius 2 is 2.20 bits per heavy atom. The van der Waals surface area contributed by atoms with Crippen molar-refractivity contribution in [3.63, 3.8) is 0 Å². The molecule has 20 heavy (non-hydrogen) atoms. The molecule has 1 aromatic carbocycles. The maximum atomic E-state index is 13.6. The van der Waals surface area contributed by atoms with Crippen molar-refractivity contribution in [3.8, 4) is 5.75 Å². The molecule has 0 saturated heterocycles. The minimum absolute atomic E-state index is 0.166. The Morgan fingerprint density at radius 3 is 2.90 bits per heavy atom. The fraction of sp³-hybridized carbons (Fsp3) is 0.250. The molecule has 0 radical (unpaired) electrons. The van der Waals surface area contributed by atoms with Gasteiger partial charge in [0.25, 0.3) is 0 Å². The summed E-state index contributed by atoms with van der Waals surface area (Å²) in [6.07, 6.45) is 3.36. The molecule has 0 aliphatic rings. The van der Waals surface area contributed by atoms with Crippen LogP contribution in [0.25, 0.3) is 11.0 Å². The Balaban J connectivity index is 1.98. The fourth-order valence-corrected chi connectivity index (χ4v) is 2.09. The predicted octanol–water partition coefficient (Wildman–Crippen LogP) is 1.06. The van der Waals surface area contributed by atoms with E-state index in [1.54, 1.807) is 27.7 Å². The molecule has 7 nitrogen and oxygen atoms in total. The van der Waals surface area contributed by atoms with Gasteiger partial charge in [-0.3, -0.25) is 4.68 Å². The lowest BCUT2D eigenvalue weighted by Crippen LogP contribution is -2.10. The van der Waals surface area contributed by atoms with E-state index in [1.165, 1.54) is 13.2 Å². The molecular weight excluding hydrogens is 263 g/mol. The van der Waals surface area contributed by atoms with Gasteiger partial charge in [0.15, 0.2) is 11.6 Å². The van der Waals surface area contributed by atoms with Crippen molar-refractivity contribution < 1.29 is 9.13 Å². The Labute approximate surface area is 113 Å².